The van der Waals surface area contributed by atoms with E-state index in [1.165, 1.54) is 12.3 Å². The number of aryl methyl sites for hydroxylation is 1. The molecular formula is C20H22FN3O2. The predicted octanol–water partition coefficient (Wildman–Crippen LogP) is 4.52. The third-order valence-corrected chi connectivity index (χ3v) is 4.16. The quantitative estimate of drug-likeness (QED) is 0.570. The summed E-state index contributed by atoms with van der Waals surface area (Å²) in [5.41, 5.74) is 3.64. The van der Waals surface area contributed by atoms with Crippen LogP contribution in [0.4, 0.5) is 15.8 Å². The summed E-state index contributed by atoms with van der Waals surface area (Å²) in [6, 6.07) is 10.6. The molecule has 0 saturated heterocycles. The van der Waals surface area contributed by atoms with E-state index >= 15 is 0 Å². The number of nitrogens with zero attached hydrogens (tertiary/aromatic N) is 1. The maximum Gasteiger partial charge on any atom is 0.198 e. The van der Waals surface area contributed by atoms with Crippen LogP contribution in [0, 0.1) is 12.7 Å². The van der Waals surface area contributed by atoms with Crippen molar-refractivity contribution in [3.63, 3.8) is 0 Å². The Morgan fingerprint density at radius 3 is 2.88 bits per heavy atom. The van der Waals surface area contributed by atoms with Crippen LogP contribution in [0.5, 0.6) is 5.88 Å². The summed E-state index contributed by atoms with van der Waals surface area (Å²) in [6.45, 7) is 4.65. The molecule has 0 saturated carbocycles. The van der Waals surface area contributed by atoms with Gasteiger partial charge in [-0.3, -0.25) is 4.99 Å². The predicted molar refractivity (Wildman–Crippen MR) is 103 cm³/mol. The number of aromatic amines is 1. The van der Waals surface area contributed by atoms with Gasteiger partial charge in [-0.05, 0) is 49.7 Å². The average Bonchev–Trinajstić information content (AvgIpc) is 2.92. The molecule has 3 rings (SSSR count). The average molecular weight is 355 g/mol. The van der Waals surface area contributed by atoms with E-state index in [0.29, 0.717) is 23.1 Å². The smallest absolute Gasteiger partial charge is 0.198 e. The molecule has 136 valence electrons. The third kappa shape index (κ3) is 3.70. The number of nitrogens with one attached hydrogen (secondary N) is 2. The zero-order valence-corrected chi connectivity index (χ0v) is 15.0. The van der Waals surface area contributed by atoms with E-state index in [0.717, 1.165) is 16.9 Å². The number of hydrogen-bond donors (Lipinski definition) is 3. The highest BCUT2D eigenvalue weighted by Crippen LogP contribution is 2.29. The zero-order chi connectivity index (χ0) is 18.7. The van der Waals surface area contributed by atoms with Gasteiger partial charge in [-0.15, -0.1) is 0 Å². The summed E-state index contributed by atoms with van der Waals surface area (Å²) < 4.78 is 19.2. The lowest BCUT2D eigenvalue weighted by atomic mass is 10.1. The van der Waals surface area contributed by atoms with Crippen LogP contribution in [0.1, 0.15) is 18.1 Å². The van der Waals surface area contributed by atoms with E-state index in [1.54, 1.807) is 19.2 Å². The second kappa shape index (κ2) is 7.58. The molecule has 0 amide bonds. The van der Waals surface area contributed by atoms with Crippen molar-refractivity contribution in [2.45, 2.75) is 19.9 Å². The van der Waals surface area contributed by atoms with Crippen molar-refractivity contribution in [1.29, 1.82) is 0 Å². The molecule has 0 bridgehead atoms. The molecule has 5 nitrogen and oxygen atoms in total. The number of H-pyrrole nitrogens is 1. The van der Waals surface area contributed by atoms with Gasteiger partial charge in [0.25, 0.3) is 0 Å². The topological polar surface area (TPSA) is 69.6 Å². The number of benzene rings is 2. The Morgan fingerprint density at radius 1 is 1.35 bits per heavy atom. The normalized spacial score (nSPS) is 12.8. The number of aromatic nitrogens is 1. The fourth-order valence-electron chi connectivity index (χ4n) is 2.93. The molecule has 0 aliphatic carbocycles. The highest BCUT2D eigenvalue weighted by molar-refractivity contribution is 6.02. The molecule has 0 fully saturated rings. The lowest BCUT2D eigenvalue weighted by Gasteiger charge is -2.16. The first-order valence-electron chi connectivity index (χ1n) is 8.39. The van der Waals surface area contributed by atoms with E-state index in [-0.39, 0.29) is 11.9 Å². The van der Waals surface area contributed by atoms with Crippen LogP contribution in [-0.2, 0) is 4.74 Å². The number of fused-ring (bicyclic) bond motifs is 1. The van der Waals surface area contributed by atoms with Gasteiger partial charge in [-0.2, -0.15) is 0 Å². The van der Waals surface area contributed by atoms with Crippen LogP contribution < -0.4 is 5.32 Å². The molecule has 1 unspecified atom stereocenters. The molecule has 0 aliphatic heterocycles. The molecule has 1 aromatic heterocycles. The number of halogens is 1. The first kappa shape index (κ1) is 17.9. The minimum absolute atomic E-state index is 0.0998. The number of aliphatic imine (C=N–C) groups is 1. The largest absolute Gasteiger partial charge is 0.494 e. The third-order valence-electron chi connectivity index (χ3n) is 4.16. The van der Waals surface area contributed by atoms with Gasteiger partial charge in [-0.1, -0.05) is 6.07 Å². The summed E-state index contributed by atoms with van der Waals surface area (Å²) in [5, 5.41) is 13.8. The van der Waals surface area contributed by atoms with Crippen molar-refractivity contribution in [2.24, 2.45) is 4.99 Å². The van der Waals surface area contributed by atoms with Crippen molar-refractivity contribution < 1.29 is 14.2 Å². The van der Waals surface area contributed by atoms with Crippen LogP contribution in [0.15, 0.2) is 41.4 Å². The van der Waals surface area contributed by atoms with Gasteiger partial charge in [0.05, 0.1) is 23.4 Å². The lowest BCUT2D eigenvalue weighted by Crippen LogP contribution is -2.21. The van der Waals surface area contributed by atoms with Crippen LogP contribution in [-0.4, -0.2) is 36.1 Å². The summed E-state index contributed by atoms with van der Waals surface area (Å²) in [4.78, 5) is 7.15. The number of aromatic hydroxyl groups is 1. The Labute approximate surface area is 151 Å². The van der Waals surface area contributed by atoms with Crippen LogP contribution >= 0.6 is 0 Å². The number of rotatable bonds is 6. The molecule has 3 aromatic rings. The highest BCUT2D eigenvalue weighted by Gasteiger charge is 2.12. The zero-order valence-electron chi connectivity index (χ0n) is 15.0. The summed E-state index contributed by atoms with van der Waals surface area (Å²) in [5.74, 6) is -0.499. The van der Waals surface area contributed by atoms with Crippen molar-refractivity contribution in [3.8, 4) is 5.88 Å². The highest BCUT2D eigenvalue weighted by atomic mass is 19.1. The molecule has 1 heterocycles. The van der Waals surface area contributed by atoms with E-state index in [4.69, 9.17) is 4.74 Å². The number of methoxy groups -OCH3 is 1. The molecule has 0 spiro atoms. The lowest BCUT2D eigenvalue weighted by molar-refractivity contribution is 0.190. The van der Waals surface area contributed by atoms with Gasteiger partial charge in [0, 0.05) is 30.4 Å². The van der Waals surface area contributed by atoms with Gasteiger partial charge < -0.3 is 20.1 Å². The molecule has 0 aliphatic rings. The standard InChI is InChI=1S/C20H22FN3O2/c1-12-9-14(7-8-17(12)23-13(2)11-26-3)22-10-15-19-16(21)5-4-6-18(19)24-20(15)25/h4-10,13,23-25H,11H2,1-3H3. The first-order chi connectivity index (χ1) is 12.5. The molecule has 6 heteroatoms. The Bertz CT molecular complexity index is 950. The van der Waals surface area contributed by atoms with Crippen molar-refractivity contribution in [2.75, 3.05) is 19.0 Å². The molecular weight excluding hydrogens is 333 g/mol. The maximum atomic E-state index is 14.1. The van der Waals surface area contributed by atoms with Crippen LogP contribution in [0.3, 0.4) is 0 Å². The first-order valence-corrected chi connectivity index (χ1v) is 8.39. The Balaban J connectivity index is 1.86. The fraction of sp³-hybridized carbons (Fsp3) is 0.250. The molecule has 26 heavy (non-hydrogen) atoms. The van der Waals surface area contributed by atoms with Crippen molar-refractivity contribution in [1.82, 2.24) is 4.98 Å². The monoisotopic (exact) mass is 355 g/mol. The summed E-state index contributed by atoms with van der Waals surface area (Å²) in [7, 11) is 1.67. The second-order valence-electron chi connectivity index (χ2n) is 6.31. The van der Waals surface area contributed by atoms with E-state index < -0.39 is 5.82 Å². The molecule has 0 radical (unpaired) electrons. The van der Waals surface area contributed by atoms with Gasteiger partial charge in [0.2, 0.25) is 0 Å². The van der Waals surface area contributed by atoms with E-state index in [2.05, 4.69) is 15.3 Å². The summed E-state index contributed by atoms with van der Waals surface area (Å²) in [6.07, 6.45) is 1.48. The Morgan fingerprint density at radius 2 is 2.15 bits per heavy atom. The fourth-order valence-corrected chi connectivity index (χ4v) is 2.93. The van der Waals surface area contributed by atoms with Gasteiger partial charge in [-0.25, -0.2) is 4.39 Å². The number of hydrogen-bond acceptors (Lipinski definition) is 4. The molecule has 1 atom stereocenters. The molecule has 3 N–H and O–H groups in total. The number of anilines is 1. The second-order valence-corrected chi connectivity index (χ2v) is 6.31. The van der Waals surface area contributed by atoms with Gasteiger partial charge >= 0.3 is 0 Å². The van der Waals surface area contributed by atoms with Crippen LogP contribution in [0.25, 0.3) is 10.9 Å². The maximum absolute atomic E-state index is 14.1. The minimum atomic E-state index is -0.400. The Kier molecular flexibility index (Phi) is 5.23. The van der Waals surface area contributed by atoms with Crippen molar-refractivity contribution in [3.05, 3.63) is 53.3 Å². The van der Waals surface area contributed by atoms with Crippen LogP contribution in [0.2, 0.25) is 0 Å². The van der Waals surface area contributed by atoms with Crippen molar-refractivity contribution >= 4 is 28.5 Å². The van der Waals surface area contributed by atoms with E-state index in [9.17, 15) is 9.50 Å². The Hall–Kier alpha value is -2.86. The number of ether oxygens (including phenoxy) is 1. The minimum Gasteiger partial charge on any atom is -0.494 e. The van der Waals surface area contributed by atoms with E-state index in [1.807, 2.05) is 32.0 Å². The van der Waals surface area contributed by atoms with Gasteiger partial charge in [0.15, 0.2) is 5.88 Å². The molecule has 2 aromatic carbocycles. The SMILES string of the molecule is COCC(C)Nc1ccc(N=Cc2c(O)[nH]c3cccc(F)c23)cc1C. The summed E-state index contributed by atoms with van der Waals surface area (Å²) >= 11 is 0. The van der Waals surface area contributed by atoms with Gasteiger partial charge in [0.1, 0.15) is 5.82 Å².